The third-order valence-corrected chi connectivity index (χ3v) is 5.92. The molecule has 0 aliphatic carbocycles. The molecule has 4 amide bonds. The van der Waals surface area contributed by atoms with Crippen molar-refractivity contribution in [2.45, 2.75) is 64.6 Å². The first-order chi connectivity index (χ1) is 15.1. The number of amides is 4. The number of halogens is 1. The van der Waals surface area contributed by atoms with Gasteiger partial charge in [-0.25, -0.2) is 0 Å². The summed E-state index contributed by atoms with van der Waals surface area (Å²) >= 11 is 6.24. The van der Waals surface area contributed by atoms with Crippen molar-refractivity contribution in [3.8, 4) is 0 Å². The molecule has 1 aromatic rings. The molecule has 0 bridgehead atoms. The fourth-order valence-corrected chi connectivity index (χ4v) is 3.51. The summed E-state index contributed by atoms with van der Waals surface area (Å²) in [5.74, 6) is -1.55. The Hall–Kier alpha value is -1.82. The predicted molar refractivity (Wildman–Crippen MR) is 136 cm³/mol. The molecule has 0 heterocycles. The van der Waals surface area contributed by atoms with Crippen LogP contribution < -0.4 is 21.7 Å². The van der Waals surface area contributed by atoms with Crippen LogP contribution in [0.3, 0.4) is 0 Å². The van der Waals surface area contributed by atoms with Crippen molar-refractivity contribution in [2.75, 3.05) is 5.75 Å². The number of thiol groups is 1. The van der Waals surface area contributed by atoms with E-state index in [1.807, 2.05) is 38.1 Å². The lowest BCUT2D eigenvalue weighted by Crippen LogP contribution is -2.57. The molecular weight excluding hydrogens is 543 g/mol. The van der Waals surface area contributed by atoms with Gasteiger partial charge in [0.1, 0.15) is 18.1 Å². The monoisotopic (exact) mass is 576 g/mol. The van der Waals surface area contributed by atoms with E-state index in [1.165, 1.54) is 0 Å². The molecule has 3 atom stereocenters. The molecule has 5 N–H and O–H groups in total. The fraction of sp³-hybridized carbons (Fsp3) is 0.545. The lowest BCUT2D eigenvalue weighted by atomic mass is 10.0. The lowest BCUT2D eigenvalue weighted by molar-refractivity contribution is -0.133. The Balaban J connectivity index is 3.07. The maximum atomic E-state index is 13.0. The molecule has 178 valence electrons. The standard InChI is InChI=1S/C22H33IN4O4S/c1-4-19(28)25-16(10-5-13(2)3)21(30)26-17(11-14-6-8-15(23)9-7-14)22(31)27-18(12-32)20(24)29/h6-9,13,16-18,32H,4-5,10-12H2,1-3H3,(H2,24,29)(H,25,28)(H,26,30)(H,27,31)/t16-,17-,18-/m0/s1. The van der Waals surface area contributed by atoms with Gasteiger partial charge in [-0.2, -0.15) is 12.6 Å². The van der Waals surface area contributed by atoms with Gasteiger partial charge in [0, 0.05) is 22.2 Å². The van der Waals surface area contributed by atoms with E-state index in [1.54, 1.807) is 6.92 Å². The van der Waals surface area contributed by atoms with Crippen LogP contribution in [0.25, 0.3) is 0 Å². The van der Waals surface area contributed by atoms with Gasteiger partial charge in [-0.15, -0.1) is 0 Å². The lowest BCUT2D eigenvalue weighted by Gasteiger charge is -2.25. The summed E-state index contributed by atoms with van der Waals surface area (Å²) in [6, 6.07) is 4.87. The average molecular weight is 577 g/mol. The van der Waals surface area contributed by atoms with E-state index in [0.717, 1.165) is 15.6 Å². The Bertz CT molecular complexity index is 789. The van der Waals surface area contributed by atoms with Crippen LogP contribution in [0.2, 0.25) is 0 Å². The minimum atomic E-state index is -0.960. The molecule has 0 saturated carbocycles. The molecule has 8 nitrogen and oxygen atoms in total. The van der Waals surface area contributed by atoms with Crippen LogP contribution in [0.15, 0.2) is 24.3 Å². The van der Waals surface area contributed by atoms with Gasteiger partial charge in [0.15, 0.2) is 0 Å². The Morgan fingerprint density at radius 3 is 2.00 bits per heavy atom. The topological polar surface area (TPSA) is 130 Å². The Kier molecular flexibility index (Phi) is 12.7. The van der Waals surface area contributed by atoms with Gasteiger partial charge in [-0.05, 0) is 59.0 Å². The van der Waals surface area contributed by atoms with Gasteiger partial charge in [0.05, 0.1) is 0 Å². The van der Waals surface area contributed by atoms with E-state index < -0.39 is 35.8 Å². The second-order valence-electron chi connectivity index (χ2n) is 7.98. The number of rotatable bonds is 13. The fourth-order valence-electron chi connectivity index (χ4n) is 2.88. The maximum absolute atomic E-state index is 13.0. The molecule has 0 unspecified atom stereocenters. The minimum absolute atomic E-state index is 0.0366. The normalized spacial score (nSPS) is 13.7. The number of benzene rings is 1. The van der Waals surface area contributed by atoms with Crippen molar-refractivity contribution >= 4 is 58.8 Å². The summed E-state index contributed by atoms with van der Waals surface area (Å²) in [7, 11) is 0. The van der Waals surface area contributed by atoms with Gasteiger partial charge in [-0.1, -0.05) is 32.9 Å². The largest absolute Gasteiger partial charge is 0.368 e. The summed E-state index contributed by atoms with van der Waals surface area (Å²) in [6.07, 6.45) is 1.65. The average Bonchev–Trinajstić information content (AvgIpc) is 2.74. The summed E-state index contributed by atoms with van der Waals surface area (Å²) < 4.78 is 1.04. The highest BCUT2D eigenvalue weighted by Gasteiger charge is 2.29. The number of primary amides is 1. The first-order valence-electron chi connectivity index (χ1n) is 10.6. The Morgan fingerprint density at radius 2 is 1.50 bits per heavy atom. The molecule has 10 heteroatoms. The highest BCUT2D eigenvalue weighted by molar-refractivity contribution is 14.1. The Labute approximate surface area is 208 Å². The second-order valence-corrected chi connectivity index (χ2v) is 9.59. The van der Waals surface area contributed by atoms with Crippen molar-refractivity contribution in [2.24, 2.45) is 11.7 Å². The minimum Gasteiger partial charge on any atom is -0.368 e. The van der Waals surface area contributed by atoms with Gasteiger partial charge in [0.2, 0.25) is 23.6 Å². The zero-order chi connectivity index (χ0) is 24.3. The van der Waals surface area contributed by atoms with Crippen LogP contribution in [0.5, 0.6) is 0 Å². The number of hydrogen-bond donors (Lipinski definition) is 5. The van der Waals surface area contributed by atoms with Gasteiger partial charge < -0.3 is 21.7 Å². The van der Waals surface area contributed by atoms with E-state index >= 15 is 0 Å². The van der Waals surface area contributed by atoms with Crippen molar-refractivity contribution in [3.63, 3.8) is 0 Å². The summed E-state index contributed by atoms with van der Waals surface area (Å²) in [5.41, 5.74) is 6.15. The molecule has 0 spiro atoms. The number of nitrogens with two attached hydrogens (primary N) is 1. The van der Waals surface area contributed by atoms with Crippen molar-refractivity contribution < 1.29 is 19.2 Å². The predicted octanol–water partition coefficient (Wildman–Crippen LogP) is 1.55. The summed E-state index contributed by atoms with van der Waals surface area (Å²) in [6.45, 7) is 5.78. The first kappa shape index (κ1) is 28.2. The number of carbonyl (C=O) groups excluding carboxylic acids is 4. The van der Waals surface area contributed by atoms with E-state index in [9.17, 15) is 19.2 Å². The van der Waals surface area contributed by atoms with E-state index in [-0.39, 0.29) is 24.5 Å². The van der Waals surface area contributed by atoms with Gasteiger partial charge >= 0.3 is 0 Å². The van der Waals surface area contributed by atoms with Crippen molar-refractivity contribution in [1.29, 1.82) is 0 Å². The third-order valence-electron chi connectivity index (χ3n) is 4.83. The molecule has 0 aliphatic heterocycles. The summed E-state index contributed by atoms with van der Waals surface area (Å²) in [5, 5.41) is 8.05. The van der Waals surface area contributed by atoms with E-state index in [0.29, 0.717) is 12.3 Å². The maximum Gasteiger partial charge on any atom is 0.243 e. The van der Waals surface area contributed by atoms with E-state index in [4.69, 9.17) is 5.73 Å². The highest BCUT2D eigenvalue weighted by atomic mass is 127. The van der Waals surface area contributed by atoms with Crippen molar-refractivity contribution in [3.05, 3.63) is 33.4 Å². The SMILES string of the molecule is CCC(=O)N[C@@H](CCC(C)C)C(=O)N[C@@H](Cc1ccc(I)cc1)C(=O)N[C@@H](CS)C(N)=O. The smallest absolute Gasteiger partial charge is 0.243 e. The molecule has 0 aliphatic rings. The molecule has 0 aromatic heterocycles. The molecule has 0 saturated heterocycles. The number of carbonyl (C=O) groups is 4. The Morgan fingerprint density at radius 1 is 0.938 bits per heavy atom. The van der Waals surface area contributed by atoms with Gasteiger partial charge in [0.25, 0.3) is 0 Å². The van der Waals surface area contributed by atoms with Crippen LogP contribution >= 0.6 is 35.2 Å². The van der Waals surface area contributed by atoms with Crippen molar-refractivity contribution in [1.82, 2.24) is 16.0 Å². The molecule has 0 fully saturated rings. The van der Waals surface area contributed by atoms with Crippen LogP contribution in [0, 0.1) is 9.49 Å². The molecular formula is C22H33IN4O4S. The zero-order valence-electron chi connectivity index (χ0n) is 18.7. The molecule has 32 heavy (non-hydrogen) atoms. The zero-order valence-corrected chi connectivity index (χ0v) is 21.7. The third kappa shape index (κ3) is 10.2. The van der Waals surface area contributed by atoms with Crippen LogP contribution in [0.4, 0.5) is 0 Å². The molecule has 1 rings (SSSR count). The highest BCUT2D eigenvalue weighted by Crippen LogP contribution is 2.11. The number of hydrogen-bond acceptors (Lipinski definition) is 5. The molecule has 1 aromatic carbocycles. The quantitative estimate of drug-likeness (QED) is 0.180. The number of nitrogens with one attached hydrogen (secondary N) is 3. The van der Waals surface area contributed by atoms with Crippen LogP contribution in [0.1, 0.15) is 45.6 Å². The summed E-state index contributed by atoms with van der Waals surface area (Å²) in [4.78, 5) is 49.5. The van der Waals surface area contributed by atoms with Gasteiger partial charge in [-0.3, -0.25) is 19.2 Å². The van der Waals surface area contributed by atoms with Crippen LogP contribution in [-0.2, 0) is 25.6 Å². The second kappa shape index (κ2) is 14.4. The van der Waals surface area contributed by atoms with E-state index in [2.05, 4.69) is 51.2 Å². The first-order valence-corrected chi connectivity index (χ1v) is 12.3. The van der Waals surface area contributed by atoms with Crippen LogP contribution in [-0.4, -0.2) is 47.5 Å². The molecule has 0 radical (unpaired) electrons.